The highest BCUT2D eigenvalue weighted by molar-refractivity contribution is 9.10. The average molecular weight is 555 g/mol. The van der Waals surface area contributed by atoms with E-state index in [1.54, 1.807) is 38.1 Å². The lowest BCUT2D eigenvalue weighted by atomic mass is 10.2. The molecule has 0 aliphatic carbocycles. The third kappa shape index (κ3) is 5.73. The van der Waals surface area contributed by atoms with Crippen molar-refractivity contribution in [1.82, 2.24) is 0 Å². The van der Waals surface area contributed by atoms with Gasteiger partial charge in [0, 0.05) is 0 Å². The van der Waals surface area contributed by atoms with E-state index in [-0.39, 0.29) is 31.3 Å². The van der Waals surface area contributed by atoms with Gasteiger partial charge in [-0.3, -0.25) is 0 Å². The third-order valence-corrected chi connectivity index (χ3v) is 7.72. The summed E-state index contributed by atoms with van der Waals surface area (Å²) in [5.41, 5.74) is 1.52. The van der Waals surface area contributed by atoms with Crippen LogP contribution >= 0.6 is 15.9 Å². The second-order valence-corrected chi connectivity index (χ2v) is 10.9. The van der Waals surface area contributed by atoms with Crippen LogP contribution in [0.2, 0.25) is 0 Å². The minimum Gasteiger partial charge on any atom is -0.465 e. The van der Waals surface area contributed by atoms with Crippen molar-refractivity contribution in [2.45, 2.75) is 23.6 Å². The normalized spacial score (nSPS) is 11.6. The molecule has 174 valence electrons. The molecule has 8 nitrogen and oxygen atoms in total. The Morgan fingerprint density at radius 1 is 0.727 bits per heavy atom. The fraction of sp³-hybridized carbons (Fsp3) is 0.136. The number of hydrogen-bond acceptors (Lipinski definition) is 8. The van der Waals surface area contributed by atoms with Gasteiger partial charge in [0.2, 0.25) is 0 Å². The number of aryl methyl sites for hydroxylation is 2. The van der Waals surface area contributed by atoms with E-state index in [1.165, 1.54) is 24.3 Å². The van der Waals surface area contributed by atoms with E-state index in [0.29, 0.717) is 0 Å². The first-order chi connectivity index (χ1) is 15.4. The Morgan fingerprint density at radius 3 is 1.42 bits per heavy atom. The first kappa shape index (κ1) is 24.7. The van der Waals surface area contributed by atoms with Crippen LogP contribution in [0, 0.1) is 13.8 Å². The summed E-state index contributed by atoms with van der Waals surface area (Å²) in [5, 5.41) is 0. The topological polar surface area (TPSA) is 113 Å². The first-order valence-corrected chi connectivity index (χ1v) is 13.0. The Balaban J connectivity index is 2.06. The third-order valence-electron chi connectivity index (χ3n) is 4.45. The smallest absolute Gasteiger partial charge is 0.339 e. The van der Waals surface area contributed by atoms with E-state index < -0.39 is 26.2 Å². The van der Waals surface area contributed by atoms with Gasteiger partial charge in [-0.2, -0.15) is 16.8 Å². The van der Waals surface area contributed by atoms with Crippen LogP contribution in [0.15, 0.2) is 74.9 Å². The maximum Gasteiger partial charge on any atom is 0.339 e. The van der Waals surface area contributed by atoms with E-state index in [1.807, 2.05) is 0 Å². The molecule has 11 heteroatoms. The Bertz CT molecular complexity index is 1300. The number of carbonyl (C=O) groups excluding carboxylic acids is 1. The molecule has 0 amide bonds. The lowest BCUT2D eigenvalue weighted by Gasteiger charge is -2.14. The molecule has 0 bridgehead atoms. The van der Waals surface area contributed by atoms with Gasteiger partial charge in [-0.1, -0.05) is 35.4 Å². The maximum atomic E-state index is 12.7. The predicted molar refractivity (Wildman–Crippen MR) is 123 cm³/mol. The lowest BCUT2D eigenvalue weighted by Crippen LogP contribution is -2.14. The van der Waals surface area contributed by atoms with Gasteiger partial charge in [0.25, 0.3) is 0 Å². The van der Waals surface area contributed by atoms with Crippen molar-refractivity contribution in [2.24, 2.45) is 0 Å². The number of benzene rings is 3. The van der Waals surface area contributed by atoms with Gasteiger partial charge >= 0.3 is 26.2 Å². The largest absolute Gasteiger partial charge is 0.465 e. The second kappa shape index (κ2) is 9.54. The number of halogens is 1. The molecule has 3 rings (SSSR count). The van der Waals surface area contributed by atoms with E-state index in [2.05, 4.69) is 20.7 Å². The number of ether oxygens (including phenoxy) is 1. The van der Waals surface area contributed by atoms with Crippen molar-refractivity contribution in [3.8, 4) is 11.5 Å². The van der Waals surface area contributed by atoms with Crippen molar-refractivity contribution in [2.75, 3.05) is 7.11 Å². The number of carbonyl (C=O) groups is 1. The molecule has 0 radical (unpaired) electrons. The molecule has 0 unspecified atom stereocenters. The standard InChI is InChI=1S/C22H19BrO8S2/c1-14-4-8-17(9-5-14)32(25,26)30-19-12-16(22(24)29-3)13-20(21(19)23)31-33(27,28)18-10-6-15(2)7-11-18/h4-13H,1-3H3. The van der Waals surface area contributed by atoms with Crippen LogP contribution < -0.4 is 8.37 Å². The summed E-state index contributed by atoms with van der Waals surface area (Å²) in [6, 6.07) is 14.0. The van der Waals surface area contributed by atoms with E-state index >= 15 is 0 Å². The molecular weight excluding hydrogens is 536 g/mol. The lowest BCUT2D eigenvalue weighted by molar-refractivity contribution is 0.0600. The zero-order chi connectivity index (χ0) is 24.4. The first-order valence-electron chi connectivity index (χ1n) is 9.37. The number of esters is 1. The molecular formula is C22H19BrO8S2. The molecule has 0 aromatic heterocycles. The van der Waals surface area contributed by atoms with Crippen LogP contribution in [0.25, 0.3) is 0 Å². The van der Waals surface area contributed by atoms with Crippen LogP contribution in [0.4, 0.5) is 0 Å². The number of rotatable bonds is 7. The van der Waals surface area contributed by atoms with Crippen molar-refractivity contribution in [3.63, 3.8) is 0 Å². The maximum absolute atomic E-state index is 12.7. The van der Waals surface area contributed by atoms with Crippen LogP contribution in [-0.4, -0.2) is 29.9 Å². The monoisotopic (exact) mass is 554 g/mol. The SMILES string of the molecule is COC(=O)c1cc(OS(=O)(=O)c2ccc(C)cc2)c(Br)c(OS(=O)(=O)c2ccc(C)cc2)c1. The van der Waals surface area contributed by atoms with Crippen LogP contribution in [0.3, 0.4) is 0 Å². The molecule has 0 saturated carbocycles. The van der Waals surface area contributed by atoms with Gasteiger partial charge in [-0.15, -0.1) is 0 Å². The highest BCUT2D eigenvalue weighted by Crippen LogP contribution is 2.39. The van der Waals surface area contributed by atoms with Crippen LogP contribution in [-0.2, 0) is 25.0 Å². The molecule has 3 aromatic carbocycles. The number of hydrogen-bond donors (Lipinski definition) is 0. The van der Waals surface area contributed by atoms with Gasteiger partial charge in [-0.25, -0.2) is 4.79 Å². The molecule has 0 aliphatic rings. The quantitative estimate of drug-likeness (QED) is 0.312. The Kier molecular flexibility index (Phi) is 7.15. The van der Waals surface area contributed by atoms with E-state index in [0.717, 1.165) is 30.4 Å². The molecule has 0 aliphatic heterocycles. The van der Waals surface area contributed by atoms with Crippen molar-refractivity contribution >= 4 is 42.1 Å². The molecule has 33 heavy (non-hydrogen) atoms. The summed E-state index contributed by atoms with van der Waals surface area (Å²) in [6.07, 6.45) is 0. The highest BCUT2D eigenvalue weighted by atomic mass is 79.9. The van der Waals surface area contributed by atoms with Crippen molar-refractivity contribution < 1.29 is 34.7 Å². The summed E-state index contributed by atoms with van der Waals surface area (Å²) in [6.45, 7) is 3.59. The average Bonchev–Trinajstić information content (AvgIpc) is 2.76. The summed E-state index contributed by atoms with van der Waals surface area (Å²) < 4.78 is 66.0. The molecule has 0 heterocycles. The minimum absolute atomic E-state index is 0.124. The Labute approximate surface area is 200 Å². The Hall–Kier alpha value is -2.89. The van der Waals surface area contributed by atoms with Crippen molar-refractivity contribution in [3.05, 3.63) is 81.8 Å². The Morgan fingerprint density at radius 2 is 1.09 bits per heavy atom. The number of methoxy groups -OCH3 is 1. The summed E-state index contributed by atoms with van der Waals surface area (Å²) in [5.74, 6) is -1.56. The fourth-order valence-electron chi connectivity index (χ4n) is 2.67. The van der Waals surface area contributed by atoms with Gasteiger partial charge < -0.3 is 13.1 Å². The molecule has 0 N–H and O–H groups in total. The molecule has 0 fully saturated rings. The van der Waals surface area contributed by atoms with Gasteiger partial charge in [-0.05, 0) is 66.2 Å². The molecule has 0 atom stereocenters. The van der Waals surface area contributed by atoms with E-state index in [4.69, 9.17) is 8.37 Å². The molecule has 0 saturated heterocycles. The van der Waals surface area contributed by atoms with Gasteiger partial charge in [0.15, 0.2) is 11.5 Å². The summed E-state index contributed by atoms with van der Waals surface area (Å²) >= 11 is 3.13. The van der Waals surface area contributed by atoms with Crippen LogP contribution in [0.5, 0.6) is 11.5 Å². The van der Waals surface area contributed by atoms with Gasteiger partial charge in [0.1, 0.15) is 14.3 Å². The van der Waals surface area contributed by atoms with Crippen LogP contribution in [0.1, 0.15) is 21.5 Å². The highest BCUT2D eigenvalue weighted by Gasteiger charge is 2.25. The zero-order valence-corrected chi connectivity index (χ0v) is 21.0. The minimum atomic E-state index is -4.31. The second-order valence-electron chi connectivity index (χ2n) is 6.98. The molecule has 0 spiro atoms. The summed E-state index contributed by atoms with van der Waals surface area (Å²) in [4.78, 5) is 11.9. The fourth-order valence-corrected chi connectivity index (χ4v) is 5.14. The molecule has 3 aromatic rings. The summed E-state index contributed by atoms with van der Waals surface area (Å²) in [7, 11) is -7.49. The van der Waals surface area contributed by atoms with Crippen molar-refractivity contribution in [1.29, 1.82) is 0 Å². The van der Waals surface area contributed by atoms with E-state index in [9.17, 15) is 21.6 Å². The predicted octanol–water partition coefficient (Wildman–Crippen LogP) is 4.39. The zero-order valence-electron chi connectivity index (χ0n) is 17.7. The van der Waals surface area contributed by atoms with Gasteiger partial charge in [0.05, 0.1) is 12.7 Å².